The molecule has 2 N–H and O–H groups in total. The van der Waals surface area contributed by atoms with Crippen LogP contribution in [-0.2, 0) is 0 Å². The highest BCUT2D eigenvalue weighted by atomic mass is 16.5. The number of urea groups is 1. The molecule has 2 rings (SSSR count). The van der Waals surface area contributed by atoms with E-state index in [9.17, 15) is 4.79 Å². The van der Waals surface area contributed by atoms with Gasteiger partial charge in [-0.2, -0.15) is 0 Å². The van der Waals surface area contributed by atoms with Crippen LogP contribution in [0.5, 0.6) is 5.75 Å². The van der Waals surface area contributed by atoms with Crippen LogP contribution < -0.4 is 15.4 Å². The number of benzene rings is 1. The molecular weight excluding hydrogens is 300 g/mol. The van der Waals surface area contributed by atoms with Gasteiger partial charge in [0.1, 0.15) is 12.4 Å². The zero-order chi connectivity index (χ0) is 17.2. The minimum atomic E-state index is -0.119. The summed E-state index contributed by atoms with van der Waals surface area (Å²) in [4.78, 5) is 11.7. The molecule has 0 unspecified atom stereocenters. The second kappa shape index (κ2) is 10.0. The summed E-state index contributed by atoms with van der Waals surface area (Å²) < 4.78 is 5.70. The van der Waals surface area contributed by atoms with Crippen LogP contribution in [0.2, 0.25) is 0 Å². The Labute approximate surface area is 145 Å². The average Bonchev–Trinajstić information content (AvgIpc) is 2.60. The lowest BCUT2D eigenvalue weighted by atomic mass is 9.97. The van der Waals surface area contributed by atoms with E-state index in [1.807, 2.05) is 12.1 Å². The van der Waals surface area contributed by atoms with Crippen LogP contribution in [-0.4, -0.2) is 25.7 Å². The molecule has 4 nitrogen and oxygen atoms in total. The topological polar surface area (TPSA) is 50.4 Å². The standard InChI is InChI=1S/C20H30N2O2/c1-16(2)18-9-6-10-19(15-18)24-14-13-22-20(23)21-12-11-17-7-4-3-5-8-17/h6-7,9-10,15-16H,3-5,8,11-14H2,1-2H3,(H2,21,22,23). The number of nitrogens with one attached hydrogen (secondary N) is 2. The van der Waals surface area contributed by atoms with Gasteiger partial charge in [0.25, 0.3) is 0 Å². The second-order valence-corrected chi connectivity index (χ2v) is 6.62. The lowest BCUT2D eigenvalue weighted by Gasteiger charge is -2.13. The van der Waals surface area contributed by atoms with Gasteiger partial charge in [-0.25, -0.2) is 4.79 Å². The minimum Gasteiger partial charge on any atom is -0.492 e. The van der Waals surface area contributed by atoms with Gasteiger partial charge >= 0.3 is 6.03 Å². The maximum atomic E-state index is 11.7. The van der Waals surface area contributed by atoms with E-state index in [0.717, 1.165) is 12.2 Å². The third kappa shape index (κ3) is 6.65. The van der Waals surface area contributed by atoms with Crippen molar-refractivity contribution in [2.24, 2.45) is 0 Å². The molecule has 1 aliphatic rings. The van der Waals surface area contributed by atoms with Crippen LogP contribution in [0.3, 0.4) is 0 Å². The molecule has 0 spiro atoms. The average molecular weight is 330 g/mol. The lowest BCUT2D eigenvalue weighted by molar-refractivity contribution is 0.236. The molecule has 1 aliphatic carbocycles. The number of hydrogen-bond acceptors (Lipinski definition) is 2. The van der Waals surface area contributed by atoms with E-state index >= 15 is 0 Å². The zero-order valence-corrected chi connectivity index (χ0v) is 14.9. The molecular formula is C20H30N2O2. The first-order valence-corrected chi connectivity index (χ1v) is 9.07. The van der Waals surface area contributed by atoms with Crippen molar-refractivity contribution in [3.63, 3.8) is 0 Å². The molecule has 2 amide bonds. The minimum absolute atomic E-state index is 0.119. The van der Waals surface area contributed by atoms with Crippen LogP contribution in [0.15, 0.2) is 35.9 Å². The Hall–Kier alpha value is -1.97. The zero-order valence-electron chi connectivity index (χ0n) is 14.9. The summed E-state index contributed by atoms with van der Waals surface area (Å²) in [5, 5.41) is 5.74. The number of hydrogen-bond donors (Lipinski definition) is 2. The fraction of sp³-hybridized carbons (Fsp3) is 0.550. The number of carbonyl (C=O) groups is 1. The third-order valence-electron chi connectivity index (χ3n) is 4.30. The monoisotopic (exact) mass is 330 g/mol. The fourth-order valence-corrected chi connectivity index (χ4v) is 2.83. The molecule has 0 saturated carbocycles. The Balaban J connectivity index is 1.57. The van der Waals surface area contributed by atoms with Crippen molar-refractivity contribution in [3.8, 4) is 5.75 Å². The van der Waals surface area contributed by atoms with E-state index in [0.29, 0.717) is 25.6 Å². The summed E-state index contributed by atoms with van der Waals surface area (Å²) in [5.74, 6) is 1.34. The summed E-state index contributed by atoms with van der Waals surface area (Å²) in [5.41, 5.74) is 2.74. The van der Waals surface area contributed by atoms with E-state index in [2.05, 4.69) is 42.7 Å². The SMILES string of the molecule is CC(C)c1cccc(OCCNC(=O)NCCC2=CCCCC2)c1. The molecule has 4 heteroatoms. The quantitative estimate of drug-likeness (QED) is 0.549. The largest absolute Gasteiger partial charge is 0.492 e. The van der Waals surface area contributed by atoms with Gasteiger partial charge in [-0.15, -0.1) is 0 Å². The molecule has 0 atom stereocenters. The second-order valence-electron chi connectivity index (χ2n) is 6.62. The van der Waals surface area contributed by atoms with Crippen molar-refractivity contribution in [3.05, 3.63) is 41.5 Å². The van der Waals surface area contributed by atoms with Crippen LogP contribution in [0, 0.1) is 0 Å². The maximum Gasteiger partial charge on any atom is 0.314 e. The molecule has 0 fully saturated rings. The number of rotatable bonds is 8. The summed E-state index contributed by atoms with van der Waals surface area (Å²) in [6.07, 6.45) is 8.25. The van der Waals surface area contributed by atoms with Crippen molar-refractivity contribution in [2.45, 2.75) is 51.9 Å². The van der Waals surface area contributed by atoms with Crippen LogP contribution >= 0.6 is 0 Å². The van der Waals surface area contributed by atoms with Gasteiger partial charge in [0.2, 0.25) is 0 Å². The number of amides is 2. The van der Waals surface area contributed by atoms with E-state index in [1.54, 1.807) is 0 Å². The summed E-state index contributed by atoms with van der Waals surface area (Å²) in [7, 11) is 0. The van der Waals surface area contributed by atoms with Gasteiger partial charge in [0.05, 0.1) is 6.54 Å². The molecule has 0 aliphatic heterocycles. The molecule has 0 heterocycles. The molecule has 0 aromatic heterocycles. The molecule has 1 aromatic rings. The van der Waals surface area contributed by atoms with Gasteiger partial charge in [0.15, 0.2) is 0 Å². The summed E-state index contributed by atoms with van der Waals surface area (Å²) in [6.45, 7) is 6.00. The Morgan fingerprint density at radius 3 is 2.79 bits per heavy atom. The third-order valence-corrected chi connectivity index (χ3v) is 4.30. The van der Waals surface area contributed by atoms with E-state index in [4.69, 9.17) is 4.74 Å². The Morgan fingerprint density at radius 1 is 1.21 bits per heavy atom. The number of ether oxygens (including phenoxy) is 1. The predicted molar refractivity (Wildman–Crippen MR) is 98.6 cm³/mol. The lowest BCUT2D eigenvalue weighted by Crippen LogP contribution is -2.38. The summed E-state index contributed by atoms with van der Waals surface area (Å²) >= 11 is 0. The highest BCUT2D eigenvalue weighted by molar-refractivity contribution is 5.73. The molecule has 132 valence electrons. The van der Waals surface area contributed by atoms with Gasteiger partial charge in [-0.05, 0) is 55.7 Å². The molecule has 0 bridgehead atoms. The number of carbonyl (C=O) groups excluding carboxylic acids is 1. The van der Waals surface area contributed by atoms with Gasteiger partial charge in [0, 0.05) is 6.54 Å². The highest BCUT2D eigenvalue weighted by Crippen LogP contribution is 2.20. The van der Waals surface area contributed by atoms with E-state index in [-0.39, 0.29) is 6.03 Å². The first-order valence-electron chi connectivity index (χ1n) is 9.07. The van der Waals surface area contributed by atoms with E-state index < -0.39 is 0 Å². The van der Waals surface area contributed by atoms with E-state index in [1.165, 1.54) is 36.8 Å². The normalized spacial score (nSPS) is 14.2. The Kier molecular flexibility index (Phi) is 7.66. The fourth-order valence-electron chi connectivity index (χ4n) is 2.83. The molecule has 1 aromatic carbocycles. The highest BCUT2D eigenvalue weighted by Gasteiger charge is 2.05. The van der Waals surface area contributed by atoms with Crippen molar-refractivity contribution in [1.29, 1.82) is 0 Å². The van der Waals surface area contributed by atoms with Gasteiger partial charge < -0.3 is 15.4 Å². The Morgan fingerprint density at radius 2 is 2.04 bits per heavy atom. The van der Waals surface area contributed by atoms with Gasteiger partial charge in [-0.3, -0.25) is 0 Å². The van der Waals surface area contributed by atoms with Crippen molar-refractivity contribution in [2.75, 3.05) is 19.7 Å². The summed E-state index contributed by atoms with van der Waals surface area (Å²) in [6, 6.07) is 7.99. The molecule has 0 saturated heterocycles. The smallest absolute Gasteiger partial charge is 0.314 e. The predicted octanol–water partition coefficient (Wildman–Crippen LogP) is 4.38. The van der Waals surface area contributed by atoms with Crippen LogP contribution in [0.4, 0.5) is 4.79 Å². The first kappa shape index (κ1) is 18.4. The van der Waals surface area contributed by atoms with Crippen molar-refractivity contribution >= 4 is 6.03 Å². The Bertz CT molecular complexity index is 552. The maximum absolute atomic E-state index is 11.7. The van der Waals surface area contributed by atoms with Crippen molar-refractivity contribution < 1.29 is 9.53 Å². The van der Waals surface area contributed by atoms with Crippen LogP contribution in [0.25, 0.3) is 0 Å². The number of allylic oxidation sites excluding steroid dienone is 1. The van der Waals surface area contributed by atoms with Gasteiger partial charge in [-0.1, -0.05) is 37.6 Å². The molecule has 24 heavy (non-hydrogen) atoms. The van der Waals surface area contributed by atoms with Crippen molar-refractivity contribution in [1.82, 2.24) is 10.6 Å². The molecule has 0 radical (unpaired) electrons. The first-order chi connectivity index (χ1) is 11.6. The van der Waals surface area contributed by atoms with Crippen LogP contribution in [0.1, 0.15) is 57.4 Å².